The Labute approximate surface area is 146 Å². The highest BCUT2D eigenvalue weighted by Gasteiger charge is 2.56. The molecule has 6 heteroatoms. The predicted octanol–water partition coefficient (Wildman–Crippen LogP) is 2.53. The van der Waals surface area contributed by atoms with Crippen molar-refractivity contribution >= 4 is 17.0 Å². The first kappa shape index (κ1) is 16.5. The van der Waals surface area contributed by atoms with E-state index in [0.717, 1.165) is 12.8 Å². The Morgan fingerprint density at radius 3 is 2.88 bits per heavy atom. The number of likely N-dealkylation sites (tertiary alicyclic amines) is 1. The van der Waals surface area contributed by atoms with E-state index in [4.69, 9.17) is 9.15 Å². The van der Waals surface area contributed by atoms with Crippen molar-refractivity contribution in [2.45, 2.75) is 45.3 Å². The fourth-order valence-electron chi connectivity index (χ4n) is 4.35. The fourth-order valence-corrected chi connectivity index (χ4v) is 4.35. The average molecular weight is 344 g/mol. The molecule has 1 aromatic heterocycles. The fraction of sp³-hybridized carbons (Fsp3) is 0.579. The number of hydrogen-bond donors (Lipinski definition) is 1. The number of oxazole rings is 1. The van der Waals surface area contributed by atoms with Crippen molar-refractivity contribution in [3.8, 4) is 0 Å². The summed E-state index contributed by atoms with van der Waals surface area (Å²) >= 11 is 0. The van der Waals surface area contributed by atoms with E-state index in [2.05, 4.69) is 4.98 Å². The maximum atomic E-state index is 13.0. The van der Waals surface area contributed by atoms with Crippen LogP contribution in [0.25, 0.3) is 11.1 Å². The molecule has 134 valence electrons. The van der Waals surface area contributed by atoms with Crippen molar-refractivity contribution in [1.82, 2.24) is 9.88 Å². The second-order valence-electron chi connectivity index (χ2n) is 7.11. The third kappa shape index (κ3) is 2.55. The van der Waals surface area contributed by atoms with Gasteiger partial charge in [0.05, 0.1) is 17.8 Å². The Kier molecular flexibility index (Phi) is 4.04. The molecule has 1 N–H and O–H groups in total. The van der Waals surface area contributed by atoms with Gasteiger partial charge in [0.25, 0.3) is 5.91 Å². The molecule has 2 atom stereocenters. The first-order chi connectivity index (χ1) is 12.0. The number of piperidine rings is 1. The van der Waals surface area contributed by atoms with E-state index in [1.165, 1.54) is 0 Å². The first-order valence-corrected chi connectivity index (χ1v) is 9.00. The highest BCUT2D eigenvalue weighted by Crippen LogP contribution is 2.51. The first-order valence-electron chi connectivity index (χ1n) is 9.00. The van der Waals surface area contributed by atoms with Gasteiger partial charge < -0.3 is 19.2 Å². The number of aliphatic hydroxyl groups is 1. The molecule has 0 bridgehead atoms. The Bertz CT molecular complexity index is 790. The van der Waals surface area contributed by atoms with E-state index in [-0.39, 0.29) is 23.5 Å². The molecule has 1 aromatic carbocycles. The van der Waals surface area contributed by atoms with Crippen molar-refractivity contribution in [3.63, 3.8) is 0 Å². The molecular formula is C19H24N2O4. The SMILES string of the molecule is CCO[C@H]1C[C@H](O)C12CCN(C(=O)c1cccc3oc(C)nc13)CC2. The number of aryl methyl sites for hydroxylation is 1. The minimum Gasteiger partial charge on any atom is -0.441 e. The molecule has 2 fully saturated rings. The summed E-state index contributed by atoms with van der Waals surface area (Å²) in [7, 11) is 0. The Morgan fingerprint density at radius 1 is 1.44 bits per heavy atom. The van der Waals surface area contributed by atoms with Crippen molar-refractivity contribution in [2.75, 3.05) is 19.7 Å². The number of carbonyl (C=O) groups is 1. The molecule has 4 rings (SSSR count). The number of benzene rings is 1. The summed E-state index contributed by atoms with van der Waals surface area (Å²) in [6.07, 6.45) is 2.06. The molecule has 1 spiro atoms. The zero-order valence-electron chi connectivity index (χ0n) is 14.7. The lowest BCUT2D eigenvalue weighted by molar-refractivity contribution is -0.207. The maximum absolute atomic E-state index is 13.0. The van der Waals surface area contributed by atoms with Crippen LogP contribution in [0.15, 0.2) is 22.6 Å². The molecule has 1 saturated carbocycles. The van der Waals surface area contributed by atoms with E-state index >= 15 is 0 Å². The van der Waals surface area contributed by atoms with Crippen LogP contribution in [0.3, 0.4) is 0 Å². The maximum Gasteiger partial charge on any atom is 0.256 e. The lowest BCUT2D eigenvalue weighted by atomic mass is 9.58. The van der Waals surface area contributed by atoms with Gasteiger partial charge in [0, 0.05) is 38.5 Å². The second-order valence-corrected chi connectivity index (χ2v) is 7.11. The number of aliphatic hydroxyl groups excluding tert-OH is 1. The summed E-state index contributed by atoms with van der Waals surface area (Å²) in [5.74, 6) is 0.542. The van der Waals surface area contributed by atoms with Crippen LogP contribution in [0.4, 0.5) is 0 Å². The van der Waals surface area contributed by atoms with Crippen molar-refractivity contribution in [3.05, 3.63) is 29.7 Å². The number of ether oxygens (including phenoxy) is 1. The zero-order valence-corrected chi connectivity index (χ0v) is 14.7. The van der Waals surface area contributed by atoms with Gasteiger partial charge in [-0.25, -0.2) is 4.98 Å². The second kappa shape index (κ2) is 6.11. The average Bonchev–Trinajstić information content (AvgIpc) is 3.01. The van der Waals surface area contributed by atoms with Crippen LogP contribution >= 0.6 is 0 Å². The van der Waals surface area contributed by atoms with Crippen LogP contribution in [-0.4, -0.2) is 52.8 Å². The molecule has 1 saturated heterocycles. The van der Waals surface area contributed by atoms with E-state index in [9.17, 15) is 9.90 Å². The van der Waals surface area contributed by atoms with E-state index in [1.54, 1.807) is 13.0 Å². The van der Waals surface area contributed by atoms with Gasteiger partial charge in [-0.05, 0) is 31.9 Å². The van der Waals surface area contributed by atoms with E-state index < -0.39 is 0 Å². The number of aromatic nitrogens is 1. The van der Waals surface area contributed by atoms with E-state index in [0.29, 0.717) is 48.7 Å². The standard InChI is InChI=1S/C19H24N2O4/c1-3-24-16-11-15(22)19(16)7-9-21(10-8-19)18(23)13-5-4-6-14-17(13)20-12(2)25-14/h4-6,15-16,22H,3,7-11H2,1-2H3/t15-,16-/m0/s1. The number of hydrogen-bond acceptors (Lipinski definition) is 5. The molecule has 1 amide bonds. The molecule has 6 nitrogen and oxygen atoms in total. The highest BCUT2D eigenvalue weighted by atomic mass is 16.5. The van der Waals surface area contributed by atoms with Gasteiger partial charge >= 0.3 is 0 Å². The zero-order chi connectivity index (χ0) is 17.6. The summed E-state index contributed by atoms with van der Waals surface area (Å²) in [4.78, 5) is 19.2. The summed E-state index contributed by atoms with van der Waals surface area (Å²) < 4.78 is 11.3. The van der Waals surface area contributed by atoms with Crippen LogP contribution in [0, 0.1) is 12.3 Å². The lowest BCUT2D eigenvalue weighted by Gasteiger charge is -2.56. The van der Waals surface area contributed by atoms with Crippen LogP contribution in [-0.2, 0) is 4.74 Å². The molecule has 0 unspecified atom stereocenters. The number of amides is 1. The number of nitrogens with zero attached hydrogens (tertiary/aromatic N) is 2. The summed E-state index contributed by atoms with van der Waals surface area (Å²) in [6, 6.07) is 5.46. The van der Waals surface area contributed by atoms with Gasteiger partial charge in [-0.1, -0.05) is 6.07 Å². The smallest absolute Gasteiger partial charge is 0.256 e. The molecule has 0 radical (unpaired) electrons. The van der Waals surface area contributed by atoms with E-state index in [1.807, 2.05) is 24.0 Å². The van der Waals surface area contributed by atoms with Gasteiger partial charge in [0.2, 0.25) is 0 Å². The number of para-hydroxylation sites is 1. The summed E-state index contributed by atoms with van der Waals surface area (Å²) in [5, 5.41) is 10.3. The highest BCUT2D eigenvalue weighted by molar-refractivity contribution is 6.04. The lowest BCUT2D eigenvalue weighted by Crippen LogP contribution is -2.62. The molecular weight excluding hydrogens is 320 g/mol. The van der Waals surface area contributed by atoms with Crippen LogP contribution < -0.4 is 0 Å². The van der Waals surface area contributed by atoms with Crippen LogP contribution in [0.1, 0.15) is 42.4 Å². The quantitative estimate of drug-likeness (QED) is 0.926. The van der Waals surface area contributed by atoms with Gasteiger partial charge in [0.15, 0.2) is 11.5 Å². The summed E-state index contributed by atoms with van der Waals surface area (Å²) in [5.41, 5.74) is 1.67. The topological polar surface area (TPSA) is 75.8 Å². The Balaban J connectivity index is 1.51. The molecule has 2 heterocycles. The van der Waals surface area contributed by atoms with Gasteiger partial charge in [0.1, 0.15) is 5.52 Å². The minimum absolute atomic E-state index is 0.0180. The number of fused-ring (bicyclic) bond motifs is 1. The Hall–Kier alpha value is -1.92. The molecule has 2 aliphatic rings. The monoisotopic (exact) mass is 344 g/mol. The van der Waals surface area contributed by atoms with Crippen LogP contribution in [0.2, 0.25) is 0 Å². The largest absolute Gasteiger partial charge is 0.441 e. The minimum atomic E-state index is -0.317. The third-order valence-electron chi connectivity index (χ3n) is 5.85. The van der Waals surface area contributed by atoms with Crippen molar-refractivity contribution < 1.29 is 19.1 Å². The Morgan fingerprint density at radius 2 is 2.20 bits per heavy atom. The van der Waals surface area contributed by atoms with Crippen molar-refractivity contribution in [1.29, 1.82) is 0 Å². The van der Waals surface area contributed by atoms with Gasteiger partial charge in [-0.15, -0.1) is 0 Å². The van der Waals surface area contributed by atoms with Crippen LogP contribution in [0.5, 0.6) is 0 Å². The number of carbonyl (C=O) groups excluding carboxylic acids is 1. The van der Waals surface area contributed by atoms with Gasteiger partial charge in [-0.3, -0.25) is 4.79 Å². The third-order valence-corrected chi connectivity index (χ3v) is 5.85. The van der Waals surface area contributed by atoms with Crippen molar-refractivity contribution in [2.24, 2.45) is 5.41 Å². The predicted molar refractivity (Wildman–Crippen MR) is 92.4 cm³/mol. The molecule has 2 aromatic rings. The summed E-state index contributed by atoms with van der Waals surface area (Å²) in [6.45, 7) is 5.69. The molecule has 25 heavy (non-hydrogen) atoms. The number of rotatable bonds is 3. The molecule has 1 aliphatic heterocycles. The normalized spacial score (nSPS) is 25.3. The molecule has 1 aliphatic carbocycles. The van der Waals surface area contributed by atoms with Gasteiger partial charge in [-0.2, -0.15) is 0 Å².